The fraction of sp³-hybridized carbons (Fsp3) is 0.389. The molecule has 0 saturated carbocycles. The summed E-state index contributed by atoms with van der Waals surface area (Å²) in [6, 6.07) is 9.83. The number of rotatable bonds is 5. The van der Waals surface area contributed by atoms with Gasteiger partial charge in [-0.25, -0.2) is 0 Å². The average Bonchev–Trinajstić information content (AvgIpc) is 2.45. The minimum absolute atomic E-state index is 0.177. The summed E-state index contributed by atoms with van der Waals surface area (Å²) in [6.07, 6.45) is 7.56. The van der Waals surface area contributed by atoms with E-state index in [0.717, 1.165) is 11.1 Å². The van der Waals surface area contributed by atoms with Crippen molar-refractivity contribution in [3.63, 3.8) is 0 Å². The molecule has 20 heavy (non-hydrogen) atoms. The predicted molar refractivity (Wildman–Crippen MR) is 84.5 cm³/mol. The number of benzene rings is 1. The molecule has 0 aromatic heterocycles. The maximum atomic E-state index is 7.98. The molecule has 0 amide bonds. The number of nitrogens with one attached hydrogen (secondary N) is 1. The van der Waals surface area contributed by atoms with Crippen LogP contribution in [0.5, 0.6) is 0 Å². The summed E-state index contributed by atoms with van der Waals surface area (Å²) in [6.45, 7) is 8.44. The van der Waals surface area contributed by atoms with Crippen molar-refractivity contribution in [1.29, 1.82) is 5.41 Å². The van der Waals surface area contributed by atoms with E-state index >= 15 is 0 Å². The van der Waals surface area contributed by atoms with Crippen LogP contribution in [0.4, 0.5) is 0 Å². The Bertz CT molecular complexity index is 522. The number of allylic oxidation sites excluding steroid dienone is 1. The summed E-state index contributed by atoms with van der Waals surface area (Å²) in [5, 5.41) is 7.98. The third-order valence-corrected chi connectivity index (χ3v) is 3.61. The monoisotopic (exact) mass is 269 g/mol. The second-order valence-corrected chi connectivity index (χ2v) is 5.51. The summed E-state index contributed by atoms with van der Waals surface area (Å²) in [7, 11) is 0. The molecule has 1 unspecified atom stereocenters. The van der Waals surface area contributed by atoms with Crippen molar-refractivity contribution in [3.05, 3.63) is 47.5 Å². The van der Waals surface area contributed by atoms with Gasteiger partial charge >= 0.3 is 0 Å². The lowest BCUT2D eigenvalue weighted by molar-refractivity contribution is 0.289. The van der Waals surface area contributed by atoms with Crippen molar-refractivity contribution in [3.8, 4) is 12.3 Å². The van der Waals surface area contributed by atoms with Crippen molar-refractivity contribution >= 4 is 5.90 Å². The molecule has 0 radical (unpaired) electrons. The molecule has 1 atom stereocenters. The van der Waals surface area contributed by atoms with E-state index in [2.05, 4.69) is 19.8 Å². The molecule has 0 bridgehead atoms. The molecule has 0 spiro atoms. The maximum absolute atomic E-state index is 7.98. The third kappa shape index (κ3) is 4.28. The SMILES string of the molecule is C#CC(C)(/C=C(\C)C(=N)OCc1ccccc1)C(C)C. The van der Waals surface area contributed by atoms with Gasteiger partial charge in [0.05, 0.1) is 0 Å². The van der Waals surface area contributed by atoms with Gasteiger partial charge in [-0.2, -0.15) is 0 Å². The van der Waals surface area contributed by atoms with E-state index in [1.165, 1.54) is 0 Å². The fourth-order valence-electron chi connectivity index (χ4n) is 1.73. The molecular formula is C18H23NO. The molecule has 1 aromatic carbocycles. The van der Waals surface area contributed by atoms with Gasteiger partial charge in [0.15, 0.2) is 0 Å². The van der Waals surface area contributed by atoms with Crippen LogP contribution < -0.4 is 0 Å². The number of hydrogen-bond acceptors (Lipinski definition) is 2. The highest BCUT2D eigenvalue weighted by Crippen LogP contribution is 2.29. The number of terminal acetylenes is 1. The van der Waals surface area contributed by atoms with Crippen molar-refractivity contribution in [2.75, 3.05) is 0 Å². The molecule has 0 heterocycles. The van der Waals surface area contributed by atoms with Crippen LogP contribution >= 0.6 is 0 Å². The minimum atomic E-state index is -0.355. The molecule has 106 valence electrons. The molecule has 0 aliphatic rings. The summed E-state index contributed by atoms with van der Waals surface area (Å²) in [4.78, 5) is 0. The van der Waals surface area contributed by atoms with Crippen LogP contribution in [0, 0.1) is 29.1 Å². The molecule has 0 aliphatic carbocycles. The smallest absolute Gasteiger partial charge is 0.208 e. The highest BCUT2D eigenvalue weighted by Gasteiger charge is 2.23. The lowest BCUT2D eigenvalue weighted by atomic mass is 9.78. The molecule has 2 nitrogen and oxygen atoms in total. The Balaban J connectivity index is 2.70. The van der Waals surface area contributed by atoms with Gasteiger partial charge in [-0.1, -0.05) is 56.2 Å². The Morgan fingerprint density at radius 2 is 2.00 bits per heavy atom. The van der Waals surface area contributed by atoms with Gasteiger partial charge in [-0.3, -0.25) is 5.41 Å². The van der Waals surface area contributed by atoms with E-state index in [1.54, 1.807) is 0 Å². The lowest BCUT2D eigenvalue weighted by Crippen LogP contribution is -2.20. The highest BCUT2D eigenvalue weighted by atomic mass is 16.5. The van der Waals surface area contributed by atoms with Crippen molar-refractivity contribution < 1.29 is 4.74 Å². The summed E-state index contributed by atoms with van der Waals surface area (Å²) >= 11 is 0. The maximum Gasteiger partial charge on any atom is 0.208 e. The summed E-state index contributed by atoms with van der Waals surface area (Å²) in [5.41, 5.74) is 1.47. The first-order chi connectivity index (χ1) is 9.39. The first kappa shape index (κ1) is 16.0. The summed E-state index contributed by atoms with van der Waals surface area (Å²) in [5.74, 6) is 3.30. The van der Waals surface area contributed by atoms with Crippen molar-refractivity contribution in [2.45, 2.75) is 34.3 Å². The van der Waals surface area contributed by atoms with Gasteiger partial charge < -0.3 is 4.74 Å². The van der Waals surface area contributed by atoms with E-state index in [4.69, 9.17) is 16.6 Å². The van der Waals surface area contributed by atoms with Gasteiger partial charge in [0.1, 0.15) is 6.61 Å². The van der Waals surface area contributed by atoms with E-state index in [9.17, 15) is 0 Å². The Labute approximate surface area is 122 Å². The van der Waals surface area contributed by atoms with Crippen LogP contribution in [-0.4, -0.2) is 5.90 Å². The standard InChI is InChI=1S/C18H23NO/c1-6-18(5,14(2)3)12-15(4)17(19)20-13-16-10-8-7-9-11-16/h1,7-12,14,19H,13H2,2-5H3/b15-12+,19-17?. The average molecular weight is 269 g/mol. The minimum Gasteiger partial charge on any atom is -0.473 e. The van der Waals surface area contributed by atoms with Crippen LogP contribution in [0.1, 0.15) is 33.3 Å². The first-order valence-electron chi connectivity index (χ1n) is 6.82. The second kappa shape index (κ2) is 6.96. The van der Waals surface area contributed by atoms with Gasteiger partial charge in [0.2, 0.25) is 5.90 Å². The van der Waals surface area contributed by atoms with Crippen LogP contribution in [0.15, 0.2) is 42.0 Å². The van der Waals surface area contributed by atoms with E-state index in [-0.39, 0.29) is 11.3 Å². The molecule has 0 fully saturated rings. The Hall–Kier alpha value is -2.01. The van der Waals surface area contributed by atoms with Crippen LogP contribution in [0.25, 0.3) is 0 Å². The fourth-order valence-corrected chi connectivity index (χ4v) is 1.73. The Morgan fingerprint density at radius 3 is 2.50 bits per heavy atom. The van der Waals surface area contributed by atoms with Gasteiger partial charge in [-0.15, -0.1) is 6.42 Å². The molecular weight excluding hydrogens is 246 g/mol. The quantitative estimate of drug-likeness (QED) is 0.479. The number of hydrogen-bond donors (Lipinski definition) is 1. The molecule has 1 rings (SSSR count). The zero-order valence-corrected chi connectivity index (χ0v) is 12.7. The van der Waals surface area contributed by atoms with E-state index in [1.807, 2.05) is 50.3 Å². The van der Waals surface area contributed by atoms with Crippen molar-refractivity contribution in [2.24, 2.45) is 11.3 Å². The third-order valence-electron chi connectivity index (χ3n) is 3.61. The van der Waals surface area contributed by atoms with E-state index < -0.39 is 0 Å². The molecule has 1 aromatic rings. The first-order valence-corrected chi connectivity index (χ1v) is 6.82. The molecule has 0 aliphatic heterocycles. The Kier molecular flexibility index (Phi) is 5.58. The predicted octanol–water partition coefficient (Wildman–Crippen LogP) is 4.42. The lowest BCUT2D eigenvalue weighted by Gasteiger charge is -2.25. The van der Waals surface area contributed by atoms with E-state index in [0.29, 0.717) is 12.5 Å². The largest absolute Gasteiger partial charge is 0.473 e. The second-order valence-electron chi connectivity index (χ2n) is 5.51. The highest BCUT2D eigenvalue weighted by molar-refractivity contribution is 5.90. The van der Waals surface area contributed by atoms with Crippen LogP contribution in [0.3, 0.4) is 0 Å². The van der Waals surface area contributed by atoms with Gasteiger partial charge in [0, 0.05) is 11.0 Å². The summed E-state index contributed by atoms with van der Waals surface area (Å²) < 4.78 is 5.51. The number of ether oxygens (including phenoxy) is 1. The molecule has 2 heteroatoms. The molecule has 1 N–H and O–H groups in total. The van der Waals surface area contributed by atoms with Crippen molar-refractivity contribution in [1.82, 2.24) is 0 Å². The Morgan fingerprint density at radius 1 is 1.40 bits per heavy atom. The van der Waals surface area contributed by atoms with Gasteiger partial charge in [0.25, 0.3) is 0 Å². The van der Waals surface area contributed by atoms with Crippen LogP contribution in [-0.2, 0) is 11.3 Å². The zero-order chi connectivity index (χ0) is 15.2. The normalized spacial score (nSPS) is 14.5. The van der Waals surface area contributed by atoms with Crippen LogP contribution in [0.2, 0.25) is 0 Å². The topological polar surface area (TPSA) is 33.1 Å². The van der Waals surface area contributed by atoms with Gasteiger partial charge in [-0.05, 0) is 25.3 Å². The molecule has 0 saturated heterocycles. The zero-order valence-electron chi connectivity index (χ0n) is 12.7.